The van der Waals surface area contributed by atoms with Crippen molar-refractivity contribution in [3.05, 3.63) is 30.3 Å². The first-order valence-electron chi connectivity index (χ1n) is 9.86. The van der Waals surface area contributed by atoms with Crippen molar-refractivity contribution in [3.8, 4) is 0 Å². The highest BCUT2D eigenvalue weighted by Gasteiger charge is 2.56. The number of carbonyl (C=O) groups is 2. The van der Waals surface area contributed by atoms with Crippen LogP contribution >= 0.6 is 0 Å². The fourth-order valence-electron chi connectivity index (χ4n) is 4.78. The first-order valence-corrected chi connectivity index (χ1v) is 9.86. The molecule has 2 aromatic rings. The minimum Gasteiger partial charge on any atom is -0.449 e. The van der Waals surface area contributed by atoms with Crippen molar-refractivity contribution in [2.75, 3.05) is 32.7 Å². The molecule has 7 nitrogen and oxygen atoms in total. The van der Waals surface area contributed by atoms with Crippen LogP contribution in [-0.2, 0) is 0 Å². The third-order valence-electron chi connectivity index (χ3n) is 6.33. The molecule has 7 heteroatoms. The summed E-state index contributed by atoms with van der Waals surface area (Å²) in [5, 5.41) is 3.84. The Kier molecular flexibility index (Phi) is 4.02. The molecule has 0 aromatic carbocycles. The van der Waals surface area contributed by atoms with Gasteiger partial charge in [0.15, 0.2) is 11.3 Å². The Labute approximate surface area is 157 Å². The molecule has 0 radical (unpaired) electrons. The molecular formula is C20H24N4O3. The monoisotopic (exact) mass is 368 g/mol. The molecule has 142 valence electrons. The maximum absolute atomic E-state index is 12.4. The topological polar surface area (TPSA) is 78.7 Å². The van der Waals surface area contributed by atoms with E-state index in [4.69, 9.17) is 4.42 Å². The molecule has 27 heavy (non-hydrogen) atoms. The van der Waals surface area contributed by atoms with E-state index in [9.17, 15) is 9.59 Å². The first-order chi connectivity index (χ1) is 13.2. The van der Waals surface area contributed by atoms with E-state index in [1.54, 1.807) is 18.5 Å². The lowest BCUT2D eigenvalue weighted by Gasteiger charge is -2.26. The van der Waals surface area contributed by atoms with Crippen molar-refractivity contribution in [2.24, 2.45) is 17.8 Å². The van der Waals surface area contributed by atoms with Crippen LogP contribution in [0.25, 0.3) is 11.0 Å². The predicted molar refractivity (Wildman–Crippen MR) is 99.2 cm³/mol. The number of aromatic nitrogens is 1. The van der Waals surface area contributed by atoms with E-state index in [0.29, 0.717) is 35.6 Å². The number of rotatable bonds is 4. The summed E-state index contributed by atoms with van der Waals surface area (Å²) in [5.41, 5.74) is 0.627. The Morgan fingerprint density at radius 2 is 1.96 bits per heavy atom. The van der Waals surface area contributed by atoms with Gasteiger partial charge >= 0.3 is 6.03 Å². The smallest absolute Gasteiger partial charge is 0.320 e. The number of pyridine rings is 1. The second-order valence-electron chi connectivity index (χ2n) is 7.94. The lowest BCUT2D eigenvalue weighted by Crippen LogP contribution is -2.42. The average Bonchev–Trinajstić information content (AvgIpc) is 3.21. The van der Waals surface area contributed by atoms with E-state index in [1.165, 1.54) is 0 Å². The van der Waals surface area contributed by atoms with Crippen molar-refractivity contribution < 1.29 is 14.0 Å². The van der Waals surface area contributed by atoms with Gasteiger partial charge < -0.3 is 19.5 Å². The van der Waals surface area contributed by atoms with Gasteiger partial charge in [0.05, 0.1) is 6.20 Å². The molecule has 2 aromatic heterocycles. The van der Waals surface area contributed by atoms with Crippen LogP contribution in [0, 0.1) is 17.8 Å². The molecule has 3 fully saturated rings. The second kappa shape index (κ2) is 6.55. The zero-order valence-electron chi connectivity index (χ0n) is 15.3. The van der Waals surface area contributed by atoms with Crippen molar-refractivity contribution >= 4 is 22.9 Å². The lowest BCUT2D eigenvalue weighted by molar-refractivity contribution is 0.0926. The summed E-state index contributed by atoms with van der Waals surface area (Å²) in [5.74, 6) is 2.02. The fraction of sp³-hybridized carbons (Fsp3) is 0.550. The molecule has 0 spiro atoms. The van der Waals surface area contributed by atoms with E-state index in [-0.39, 0.29) is 11.9 Å². The van der Waals surface area contributed by atoms with Crippen molar-refractivity contribution in [2.45, 2.75) is 19.3 Å². The van der Waals surface area contributed by atoms with Crippen LogP contribution in [0.3, 0.4) is 0 Å². The van der Waals surface area contributed by atoms with Gasteiger partial charge in [0.1, 0.15) is 0 Å². The Morgan fingerprint density at radius 1 is 1.19 bits per heavy atom. The maximum Gasteiger partial charge on any atom is 0.320 e. The van der Waals surface area contributed by atoms with E-state index in [0.717, 1.165) is 50.8 Å². The van der Waals surface area contributed by atoms with E-state index < -0.39 is 0 Å². The van der Waals surface area contributed by atoms with E-state index in [1.807, 2.05) is 15.9 Å². The van der Waals surface area contributed by atoms with Gasteiger partial charge in [-0.15, -0.1) is 0 Å². The van der Waals surface area contributed by atoms with Gasteiger partial charge in [-0.05, 0) is 49.1 Å². The number of likely N-dealkylation sites (tertiary alicyclic amines) is 2. The van der Waals surface area contributed by atoms with Gasteiger partial charge in [0.25, 0.3) is 5.91 Å². The van der Waals surface area contributed by atoms with Crippen molar-refractivity contribution in [1.82, 2.24) is 20.1 Å². The lowest BCUT2D eigenvalue weighted by atomic mass is 10.2. The van der Waals surface area contributed by atoms with E-state index in [2.05, 4.69) is 10.3 Å². The molecule has 2 aliphatic heterocycles. The number of hydrogen-bond donors (Lipinski definition) is 1. The standard InChI is InChI=1S/C20H24N4O3/c25-19(17-9-13-3-5-21-10-18(13)27-17)22-6-4-14-15-11-24(12-16(14)15)20(26)23-7-1-2-8-23/h3,5,9-10,14-16H,1-2,4,6-8,11-12H2,(H,22,25)/t14?,15-,16+. The number of nitrogens with one attached hydrogen (secondary N) is 1. The summed E-state index contributed by atoms with van der Waals surface area (Å²) in [6, 6.07) is 3.81. The van der Waals surface area contributed by atoms with Gasteiger partial charge in [-0.3, -0.25) is 9.78 Å². The third kappa shape index (κ3) is 3.05. The summed E-state index contributed by atoms with van der Waals surface area (Å²) >= 11 is 0. The van der Waals surface area contributed by atoms with Crippen LogP contribution < -0.4 is 5.32 Å². The Bertz CT molecular complexity index is 828. The predicted octanol–water partition coefficient (Wildman–Crippen LogP) is 2.34. The van der Waals surface area contributed by atoms with Crippen molar-refractivity contribution in [1.29, 1.82) is 0 Å². The van der Waals surface area contributed by atoms with Gasteiger partial charge in [-0.2, -0.15) is 0 Å². The van der Waals surface area contributed by atoms with Gasteiger partial charge in [-0.25, -0.2) is 4.79 Å². The summed E-state index contributed by atoms with van der Waals surface area (Å²) < 4.78 is 5.54. The zero-order valence-corrected chi connectivity index (χ0v) is 15.3. The summed E-state index contributed by atoms with van der Waals surface area (Å²) in [6.07, 6.45) is 6.54. The second-order valence-corrected chi connectivity index (χ2v) is 7.94. The molecule has 5 rings (SSSR count). The number of carbonyl (C=O) groups excluding carboxylic acids is 2. The highest BCUT2D eigenvalue weighted by Crippen LogP contribution is 2.53. The number of nitrogens with zero attached hydrogens (tertiary/aromatic N) is 3. The molecule has 3 atom stereocenters. The number of furan rings is 1. The van der Waals surface area contributed by atoms with E-state index >= 15 is 0 Å². The van der Waals surface area contributed by atoms with Gasteiger partial charge in [-0.1, -0.05) is 0 Å². The number of urea groups is 1. The summed E-state index contributed by atoms with van der Waals surface area (Å²) in [6.45, 7) is 4.24. The number of fused-ring (bicyclic) bond motifs is 2. The minimum atomic E-state index is -0.178. The largest absolute Gasteiger partial charge is 0.449 e. The summed E-state index contributed by atoms with van der Waals surface area (Å²) in [7, 11) is 0. The van der Waals surface area contributed by atoms with Gasteiger partial charge in [0, 0.05) is 44.3 Å². The third-order valence-corrected chi connectivity index (χ3v) is 6.33. The molecule has 1 N–H and O–H groups in total. The Balaban J connectivity index is 1.07. The number of hydrogen-bond acceptors (Lipinski definition) is 4. The van der Waals surface area contributed by atoms with Crippen LogP contribution in [0.4, 0.5) is 4.79 Å². The molecule has 1 saturated carbocycles. The van der Waals surface area contributed by atoms with Gasteiger partial charge in [0.2, 0.25) is 0 Å². The zero-order chi connectivity index (χ0) is 18.4. The van der Waals surface area contributed by atoms with Crippen LogP contribution in [0.1, 0.15) is 29.8 Å². The minimum absolute atomic E-state index is 0.178. The average molecular weight is 368 g/mol. The number of amides is 3. The number of piperidine rings is 1. The Hall–Kier alpha value is -2.57. The molecular weight excluding hydrogens is 344 g/mol. The summed E-state index contributed by atoms with van der Waals surface area (Å²) in [4.78, 5) is 32.7. The highest BCUT2D eigenvalue weighted by molar-refractivity contribution is 5.95. The normalized spacial score (nSPS) is 26.4. The Morgan fingerprint density at radius 3 is 2.70 bits per heavy atom. The molecule has 2 saturated heterocycles. The molecule has 3 amide bonds. The molecule has 4 heterocycles. The quantitative estimate of drug-likeness (QED) is 0.898. The van der Waals surface area contributed by atoms with Crippen molar-refractivity contribution in [3.63, 3.8) is 0 Å². The molecule has 0 bridgehead atoms. The van der Waals surface area contributed by atoms with Crippen LogP contribution in [0.5, 0.6) is 0 Å². The first kappa shape index (κ1) is 16.6. The van der Waals surface area contributed by atoms with Crippen LogP contribution in [-0.4, -0.2) is 59.4 Å². The fourth-order valence-corrected chi connectivity index (χ4v) is 4.78. The maximum atomic E-state index is 12.4. The van der Waals surface area contributed by atoms with Crippen LogP contribution in [0.15, 0.2) is 28.9 Å². The SMILES string of the molecule is O=C(NCCC1[C@H]2CN(C(=O)N3CCCC3)C[C@@H]12)c1cc2ccncc2o1. The molecule has 3 aliphatic rings. The molecule has 1 aliphatic carbocycles. The van der Waals surface area contributed by atoms with Crippen LogP contribution in [0.2, 0.25) is 0 Å². The molecule has 1 unspecified atom stereocenters. The highest BCUT2D eigenvalue weighted by atomic mass is 16.3.